The van der Waals surface area contributed by atoms with Crippen molar-refractivity contribution in [2.75, 3.05) is 0 Å². The first-order valence-electron chi connectivity index (χ1n) is 10.4. The molecule has 0 amide bonds. The summed E-state index contributed by atoms with van der Waals surface area (Å²) in [7, 11) is 0. The van der Waals surface area contributed by atoms with Gasteiger partial charge in [0.2, 0.25) is 0 Å². The molecule has 0 aromatic rings. The Hall–Kier alpha value is -0.590. The van der Waals surface area contributed by atoms with Gasteiger partial charge in [-0.3, -0.25) is 4.79 Å². The zero-order valence-corrected chi connectivity index (χ0v) is 16.1. The fourth-order valence-corrected chi connectivity index (χ4v) is 3.10. The fraction of sp³-hybridized carbons (Fsp3) is 0.864. The van der Waals surface area contributed by atoms with Crippen LogP contribution in [-0.4, -0.2) is 5.78 Å². The van der Waals surface area contributed by atoms with Crippen LogP contribution in [0, 0.1) is 0 Å². The zero-order chi connectivity index (χ0) is 17.2. The summed E-state index contributed by atoms with van der Waals surface area (Å²) in [6, 6.07) is 0. The van der Waals surface area contributed by atoms with E-state index >= 15 is 0 Å². The van der Waals surface area contributed by atoms with Crippen LogP contribution < -0.4 is 0 Å². The van der Waals surface area contributed by atoms with Crippen LogP contribution >= 0.6 is 0 Å². The zero-order valence-electron chi connectivity index (χ0n) is 16.1. The highest BCUT2D eigenvalue weighted by Gasteiger charge is 2.03. The molecule has 0 radical (unpaired) electrons. The van der Waals surface area contributed by atoms with Gasteiger partial charge in [-0.05, 0) is 18.4 Å². The van der Waals surface area contributed by atoms with E-state index in [9.17, 15) is 4.79 Å². The summed E-state index contributed by atoms with van der Waals surface area (Å²) in [4.78, 5) is 11.4. The highest BCUT2D eigenvalue weighted by Crippen LogP contribution is 2.15. The van der Waals surface area contributed by atoms with E-state index in [-0.39, 0.29) is 5.78 Å². The largest absolute Gasteiger partial charge is 0.295 e. The average Bonchev–Trinajstić information content (AvgIpc) is 2.57. The van der Waals surface area contributed by atoms with Crippen LogP contribution in [0.1, 0.15) is 123 Å². The van der Waals surface area contributed by atoms with Crippen LogP contribution in [0.5, 0.6) is 0 Å². The summed E-state index contributed by atoms with van der Waals surface area (Å²) in [5.74, 6) is 0.246. The molecular formula is C22H42O. The van der Waals surface area contributed by atoms with Gasteiger partial charge in [0.25, 0.3) is 0 Å². The van der Waals surface area contributed by atoms with Gasteiger partial charge in [-0.15, -0.1) is 0 Å². The lowest BCUT2D eigenvalue weighted by Crippen LogP contribution is -1.98. The summed E-state index contributed by atoms with van der Waals surface area (Å²) in [5, 5.41) is 0. The Morgan fingerprint density at radius 2 is 0.957 bits per heavy atom. The second kappa shape index (κ2) is 17.8. The number of carbonyl (C=O) groups excluding carboxylic acids is 1. The molecule has 0 aliphatic carbocycles. The number of hydrogen-bond donors (Lipinski definition) is 0. The molecule has 0 fully saturated rings. The molecule has 0 spiro atoms. The molecule has 0 aromatic heterocycles. The van der Waals surface area contributed by atoms with E-state index in [0.29, 0.717) is 6.42 Å². The molecule has 0 saturated heterocycles. The smallest absolute Gasteiger partial charge is 0.157 e. The Morgan fingerprint density at radius 1 is 0.609 bits per heavy atom. The molecule has 136 valence electrons. The van der Waals surface area contributed by atoms with E-state index in [1.54, 1.807) is 0 Å². The molecule has 0 bridgehead atoms. The quantitative estimate of drug-likeness (QED) is 0.186. The SMILES string of the molecule is C=C(CCCCCCCCCCCCCCCCC)C(=O)CC. The van der Waals surface area contributed by atoms with Crippen molar-refractivity contribution in [3.8, 4) is 0 Å². The maximum Gasteiger partial charge on any atom is 0.157 e. The molecule has 0 unspecified atom stereocenters. The minimum absolute atomic E-state index is 0.246. The van der Waals surface area contributed by atoms with Crippen LogP contribution in [0.4, 0.5) is 0 Å². The van der Waals surface area contributed by atoms with Crippen LogP contribution in [0.2, 0.25) is 0 Å². The van der Waals surface area contributed by atoms with Gasteiger partial charge in [0, 0.05) is 6.42 Å². The number of carbonyl (C=O) groups is 1. The van der Waals surface area contributed by atoms with Crippen molar-refractivity contribution in [1.82, 2.24) is 0 Å². The highest BCUT2D eigenvalue weighted by atomic mass is 16.1. The van der Waals surface area contributed by atoms with Crippen LogP contribution in [-0.2, 0) is 4.79 Å². The van der Waals surface area contributed by atoms with Gasteiger partial charge in [-0.2, -0.15) is 0 Å². The molecule has 0 aliphatic heterocycles. The molecule has 1 nitrogen and oxygen atoms in total. The third kappa shape index (κ3) is 16.1. The van der Waals surface area contributed by atoms with E-state index in [4.69, 9.17) is 0 Å². The lowest BCUT2D eigenvalue weighted by Gasteiger charge is -2.04. The first-order valence-corrected chi connectivity index (χ1v) is 10.4. The number of ketones is 1. The lowest BCUT2D eigenvalue weighted by molar-refractivity contribution is -0.115. The molecule has 1 heteroatoms. The highest BCUT2D eigenvalue weighted by molar-refractivity contribution is 5.94. The van der Waals surface area contributed by atoms with Gasteiger partial charge in [-0.25, -0.2) is 0 Å². The maximum absolute atomic E-state index is 11.4. The van der Waals surface area contributed by atoms with Crippen molar-refractivity contribution >= 4 is 5.78 Å². The molecule has 23 heavy (non-hydrogen) atoms. The number of hydrogen-bond acceptors (Lipinski definition) is 1. The first kappa shape index (κ1) is 22.4. The summed E-state index contributed by atoms with van der Waals surface area (Å²) >= 11 is 0. The van der Waals surface area contributed by atoms with E-state index in [2.05, 4.69) is 13.5 Å². The average molecular weight is 323 g/mol. The Labute approximate surface area is 146 Å². The van der Waals surface area contributed by atoms with Crippen molar-refractivity contribution in [3.05, 3.63) is 12.2 Å². The molecule has 0 rings (SSSR count). The van der Waals surface area contributed by atoms with E-state index in [1.807, 2.05) is 6.92 Å². The number of rotatable bonds is 18. The Morgan fingerprint density at radius 3 is 1.30 bits per heavy atom. The monoisotopic (exact) mass is 322 g/mol. The minimum Gasteiger partial charge on any atom is -0.295 e. The Balaban J connectivity index is 3.11. The van der Waals surface area contributed by atoms with E-state index in [1.165, 1.54) is 89.9 Å². The third-order valence-corrected chi connectivity index (χ3v) is 4.80. The summed E-state index contributed by atoms with van der Waals surface area (Å²) in [6.45, 7) is 8.08. The lowest BCUT2D eigenvalue weighted by atomic mass is 10.0. The predicted molar refractivity (Wildman–Crippen MR) is 104 cm³/mol. The molecule has 0 aliphatic rings. The fourth-order valence-electron chi connectivity index (χ4n) is 3.10. The standard InChI is InChI=1S/C22H42O/c1-4-6-7-8-9-10-11-12-13-14-15-16-17-18-19-20-21(3)22(23)5-2/h3-20H2,1-2H3. The van der Waals surface area contributed by atoms with Crippen molar-refractivity contribution < 1.29 is 4.79 Å². The minimum atomic E-state index is 0.246. The van der Waals surface area contributed by atoms with Crippen molar-refractivity contribution in [1.29, 1.82) is 0 Å². The summed E-state index contributed by atoms with van der Waals surface area (Å²) in [5.41, 5.74) is 0.835. The normalized spacial score (nSPS) is 10.9. The molecule has 0 N–H and O–H groups in total. The molecular weight excluding hydrogens is 280 g/mol. The van der Waals surface area contributed by atoms with Gasteiger partial charge in [-0.1, -0.05) is 110 Å². The van der Waals surface area contributed by atoms with Gasteiger partial charge >= 0.3 is 0 Å². The van der Waals surface area contributed by atoms with E-state index in [0.717, 1.165) is 18.4 Å². The molecule has 0 heterocycles. The van der Waals surface area contributed by atoms with Gasteiger partial charge in [0.1, 0.15) is 0 Å². The molecule has 0 atom stereocenters. The van der Waals surface area contributed by atoms with Crippen LogP contribution in [0.15, 0.2) is 12.2 Å². The van der Waals surface area contributed by atoms with Crippen LogP contribution in [0.3, 0.4) is 0 Å². The van der Waals surface area contributed by atoms with Gasteiger partial charge in [0.15, 0.2) is 5.78 Å². The van der Waals surface area contributed by atoms with Gasteiger partial charge < -0.3 is 0 Å². The molecule has 0 aromatic carbocycles. The predicted octanol–water partition coefficient (Wildman–Crippen LogP) is 7.78. The Bertz CT molecular complexity index is 280. The third-order valence-electron chi connectivity index (χ3n) is 4.80. The first-order chi connectivity index (χ1) is 11.2. The second-order valence-corrected chi connectivity index (χ2v) is 7.08. The number of unbranched alkanes of at least 4 members (excludes halogenated alkanes) is 14. The summed E-state index contributed by atoms with van der Waals surface area (Å²) < 4.78 is 0. The second-order valence-electron chi connectivity index (χ2n) is 7.08. The van der Waals surface area contributed by atoms with E-state index < -0.39 is 0 Å². The maximum atomic E-state index is 11.4. The van der Waals surface area contributed by atoms with Crippen molar-refractivity contribution in [2.45, 2.75) is 123 Å². The number of allylic oxidation sites excluding steroid dienone is 1. The van der Waals surface area contributed by atoms with Crippen molar-refractivity contribution in [2.24, 2.45) is 0 Å². The van der Waals surface area contributed by atoms with Gasteiger partial charge in [0.05, 0.1) is 0 Å². The van der Waals surface area contributed by atoms with Crippen LogP contribution in [0.25, 0.3) is 0 Å². The Kier molecular flexibility index (Phi) is 17.3. The van der Waals surface area contributed by atoms with Crippen molar-refractivity contribution in [3.63, 3.8) is 0 Å². The topological polar surface area (TPSA) is 17.1 Å². The number of Topliss-reactive ketones (excluding diaryl/α,β-unsaturated/α-hetero) is 1. The summed E-state index contributed by atoms with van der Waals surface area (Å²) in [6.07, 6.45) is 22.3. The molecule has 0 saturated carbocycles.